The highest BCUT2D eigenvalue weighted by molar-refractivity contribution is 7.11. The fraction of sp³-hybridized carbons (Fsp3) is 0.727. The van der Waals surface area contributed by atoms with Crippen LogP contribution in [-0.2, 0) is 11.3 Å². The van der Waals surface area contributed by atoms with Gasteiger partial charge in [-0.2, -0.15) is 0 Å². The number of thiazole rings is 1. The van der Waals surface area contributed by atoms with Crippen molar-refractivity contribution in [2.75, 3.05) is 26.3 Å². The smallest absolute Gasteiger partial charge is 0.0953 e. The Hall–Kier alpha value is -0.450. The third-order valence-corrected chi connectivity index (χ3v) is 3.83. The third kappa shape index (κ3) is 3.00. The molecule has 0 radical (unpaired) electrons. The van der Waals surface area contributed by atoms with E-state index in [9.17, 15) is 0 Å². The van der Waals surface area contributed by atoms with Crippen LogP contribution in [0.25, 0.3) is 0 Å². The molecule has 0 aliphatic carbocycles. The van der Waals surface area contributed by atoms with Crippen molar-refractivity contribution in [3.8, 4) is 0 Å². The highest BCUT2D eigenvalue weighted by atomic mass is 32.1. The maximum Gasteiger partial charge on any atom is 0.0953 e. The molecule has 2 rings (SSSR count). The minimum Gasteiger partial charge on any atom is -0.379 e. The minimum atomic E-state index is 0.549. The molecule has 0 aromatic carbocycles. The third-order valence-electron chi connectivity index (χ3n) is 2.55. The summed E-state index contributed by atoms with van der Waals surface area (Å²) in [6.07, 6.45) is 2.02. The number of hydrogen-bond donors (Lipinski definition) is 0. The van der Waals surface area contributed by atoms with Gasteiger partial charge in [0.05, 0.1) is 18.2 Å². The molecule has 4 heteroatoms. The summed E-state index contributed by atoms with van der Waals surface area (Å²) in [7, 11) is 0. The molecule has 1 saturated heterocycles. The van der Waals surface area contributed by atoms with Gasteiger partial charge >= 0.3 is 0 Å². The Bertz CT molecular complexity index is 305. The standard InChI is InChI=1S/C11H18N2OS/c1-9(2)11-12-7-10(15-11)8-13-3-5-14-6-4-13/h7,9H,3-6,8H2,1-2H3. The molecule has 0 spiro atoms. The fourth-order valence-electron chi connectivity index (χ4n) is 1.64. The molecule has 0 amide bonds. The number of nitrogens with zero attached hydrogens (tertiary/aromatic N) is 2. The van der Waals surface area contributed by atoms with Crippen LogP contribution in [-0.4, -0.2) is 36.2 Å². The molecule has 0 saturated carbocycles. The van der Waals surface area contributed by atoms with Gasteiger partial charge in [0.1, 0.15) is 0 Å². The number of rotatable bonds is 3. The molecule has 1 aromatic heterocycles. The second-order valence-corrected chi connectivity index (χ2v) is 5.35. The molecule has 1 aromatic rings. The largest absolute Gasteiger partial charge is 0.379 e. The van der Waals surface area contributed by atoms with Gasteiger partial charge in [-0.1, -0.05) is 13.8 Å². The number of aromatic nitrogens is 1. The Morgan fingerprint density at radius 1 is 1.47 bits per heavy atom. The Balaban J connectivity index is 1.91. The van der Waals surface area contributed by atoms with Crippen LogP contribution in [0.1, 0.15) is 29.7 Å². The quantitative estimate of drug-likeness (QED) is 0.789. The van der Waals surface area contributed by atoms with E-state index < -0.39 is 0 Å². The number of hydrogen-bond acceptors (Lipinski definition) is 4. The van der Waals surface area contributed by atoms with E-state index in [1.54, 1.807) is 0 Å². The summed E-state index contributed by atoms with van der Waals surface area (Å²) in [5.74, 6) is 0.549. The van der Waals surface area contributed by atoms with Crippen molar-refractivity contribution in [3.63, 3.8) is 0 Å². The molecular formula is C11H18N2OS. The van der Waals surface area contributed by atoms with Crippen LogP contribution < -0.4 is 0 Å². The van der Waals surface area contributed by atoms with E-state index in [-0.39, 0.29) is 0 Å². The summed E-state index contributed by atoms with van der Waals surface area (Å²) in [4.78, 5) is 8.25. The van der Waals surface area contributed by atoms with Gasteiger partial charge in [0.25, 0.3) is 0 Å². The van der Waals surface area contributed by atoms with Gasteiger partial charge in [0.15, 0.2) is 0 Å². The first-order valence-electron chi connectivity index (χ1n) is 5.50. The molecule has 1 aliphatic rings. The molecule has 0 unspecified atom stereocenters. The van der Waals surface area contributed by atoms with E-state index in [4.69, 9.17) is 4.74 Å². The van der Waals surface area contributed by atoms with Crippen LogP contribution in [0.3, 0.4) is 0 Å². The zero-order chi connectivity index (χ0) is 10.7. The molecule has 2 heterocycles. The van der Waals surface area contributed by atoms with Gasteiger partial charge in [-0.05, 0) is 0 Å². The summed E-state index contributed by atoms with van der Waals surface area (Å²) in [5.41, 5.74) is 0. The van der Waals surface area contributed by atoms with Gasteiger partial charge in [0, 0.05) is 36.6 Å². The van der Waals surface area contributed by atoms with Crippen LogP contribution >= 0.6 is 11.3 Å². The van der Waals surface area contributed by atoms with Gasteiger partial charge in [-0.25, -0.2) is 4.98 Å². The van der Waals surface area contributed by atoms with Crippen molar-refractivity contribution in [3.05, 3.63) is 16.1 Å². The highest BCUT2D eigenvalue weighted by Gasteiger charge is 2.13. The molecule has 15 heavy (non-hydrogen) atoms. The van der Waals surface area contributed by atoms with E-state index in [1.165, 1.54) is 9.88 Å². The van der Waals surface area contributed by atoms with Gasteiger partial charge < -0.3 is 4.74 Å². The summed E-state index contributed by atoms with van der Waals surface area (Å²) in [5, 5.41) is 1.25. The zero-order valence-electron chi connectivity index (χ0n) is 9.40. The molecule has 0 bridgehead atoms. The summed E-state index contributed by atoms with van der Waals surface area (Å²) in [6, 6.07) is 0. The van der Waals surface area contributed by atoms with E-state index >= 15 is 0 Å². The van der Waals surface area contributed by atoms with Crippen LogP contribution in [0.15, 0.2) is 6.20 Å². The van der Waals surface area contributed by atoms with Crippen molar-refractivity contribution < 1.29 is 4.74 Å². The van der Waals surface area contributed by atoms with Crippen LogP contribution in [0, 0.1) is 0 Å². The molecular weight excluding hydrogens is 208 g/mol. The van der Waals surface area contributed by atoms with E-state index in [0.29, 0.717) is 5.92 Å². The van der Waals surface area contributed by atoms with Crippen molar-refractivity contribution in [1.29, 1.82) is 0 Å². The molecule has 0 N–H and O–H groups in total. The lowest BCUT2D eigenvalue weighted by molar-refractivity contribution is 0.0346. The fourth-order valence-corrected chi connectivity index (χ4v) is 2.60. The zero-order valence-corrected chi connectivity index (χ0v) is 10.2. The highest BCUT2D eigenvalue weighted by Crippen LogP contribution is 2.22. The maximum absolute atomic E-state index is 5.33. The SMILES string of the molecule is CC(C)c1ncc(CN2CCOCC2)s1. The first-order chi connectivity index (χ1) is 7.25. The Kier molecular flexibility index (Phi) is 3.72. The van der Waals surface area contributed by atoms with Gasteiger partial charge in [-0.15, -0.1) is 11.3 Å². The predicted octanol–water partition coefficient (Wildman–Crippen LogP) is 2.10. The summed E-state index contributed by atoms with van der Waals surface area (Å²) >= 11 is 1.84. The topological polar surface area (TPSA) is 25.4 Å². The first kappa shape index (κ1) is 11.0. The average molecular weight is 226 g/mol. The first-order valence-corrected chi connectivity index (χ1v) is 6.32. The second kappa shape index (κ2) is 5.05. The Morgan fingerprint density at radius 3 is 2.80 bits per heavy atom. The van der Waals surface area contributed by atoms with Gasteiger partial charge in [0.2, 0.25) is 0 Å². The lowest BCUT2D eigenvalue weighted by atomic mass is 10.2. The second-order valence-electron chi connectivity index (χ2n) is 4.21. The minimum absolute atomic E-state index is 0.549. The van der Waals surface area contributed by atoms with Crippen LogP contribution in [0.5, 0.6) is 0 Å². The van der Waals surface area contributed by atoms with E-state index in [0.717, 1.165) is 32.8 Å². The molecule has 1 aliphatic heterocycles. The van der Waals surface area contributed by atoms with Crippen molar-refractivity contribution in [2.45, 2.75) is 26.3 Å². The Labute approximate surface area is 95.1 Å². The number of morpholine rings is 1. The maximum atomic E-state index is 5.33. The summed E-state index contributed by atoms with van der Waals surface area (Å²) < 4.78 is 5.33. The normalized spacial score (nSPS) is 18.6. The molecule has 84 valence electrons. The molecule has 3 nitrogen and oxygen atoms in total. The van der Waals surface area contributed by atoms with E-state index in [1.807, 2.05) is 17.5 Å². The monoisotopic (exact) mass is 226 g/mol. The predicted molar refractivity (Wildman–Crippen MR) is 62.3 cm³/mol. The van der Waals surface area contributed by atoms with Crippen LogP contribution in [0.4, 0.5) is 0 Å². The van der Waals surface area contributed by atoms with Crippen LogP contribution in [0.2, 0.25) is 0 Å². The van der Waals surface area contributed by atoms with Crippen molar-refractivity contribution in [2.24, 2.45) is 0 Å². The van der Waals surface area contributed by atoms with Gasteiger partial charge in [-0.3, -0.25) is 4.90 Å². The number of ether oxygens (including phenoxy) is 1. The lowest BCUT2D eigenvalue weighted by Crippen LogP contribution is -2.35. The average Bonchev–Trinajstić information content (AvgIpc) is 2.68. The van der Waals surface area contributed by atoms with Crippen molar-refractivity contribution in [1.82, 2.24) is 9.88 Å². The molecule has 0 atom stereocenters. The summed E-state index contributed by atoms with van der Waals surface area (Å²) in [6.45, 7) is 9.26. The van der Waals surface area contributed by atoms with Crippen molar-refractivity contribution >= 4 is 11.3 Å². The molecule has 1 fully saturated rings. The Morgan fingerprint density at radius 2 is 2.20 bits per heavy atom. The van der Waals surface area contributed by atoms with E-state index in [2.05, 4.69) is 23.7 Å². The lowest BCUT2D eigenvalue weighted by Gasteiger charge is -2.25.